The van der Waals surface area contributed by atoms with E-state index >= 15 is 0 Å². The van der Waals surface area contributed by atoms with E-state index in [4.69, 9.17) is 9.47 Å². The lowest BCUT2D eigenvalue weighted by Crippen LogP contribution is -2.54. The van der Waals surface area contributed by atoms with Gasteiger partial charge in [-0.2, -0.15) is 0 Å². The Labute approximate surface area is 183 Å². The Balaban J connectivity index is 1.24. The van der Waals surface area contributed by atoms with Gasteiger partial charge in [0.05, 0.1) is 18.3 Å². The Morgan fingerprint density at radius 2 is 2.19 bits per heavy atom. The number of piperidine rings is 1. The van der Waals surface area contributed by atoms with Crippen LogP contribution in [0.1, 0.15) is 42.9 Å². The van der Waals surface area contributed by atoms with Crippen LogP contribution in [0, 0.1) is 6.92 Å². The molecule has 2 atom stereocenters. The third-order valence-electron chi connectivity index (χ3n) is 6.67. The van der Waals surface area contributed by atoms with E-state index in [0.29, 0.717) is 13.1 Å². The molecule has 2 fully saturated rings. The molecule has 5 heterocycles. The van der Waals surface area contributed by atoms with Crippen LogP contribution >= 0.6 is 0 Å². The number of imidazole rings is 1. The minimum Gasteiger partial charge on any atom is -0.376 e. The summed E-state index contributed by atoms with van der Waals surface area (Å²) in [4.78, 5) is 24.6. The van der Waals surface area contributed by atoms with Gasteiger partial charge in [-0.3, -0.25) is 14.7 Å². The van der Waals surface area contributed by atoms with Crippen LogP contribution in [0.4, 0.5) is 0 Å². The highest BCUT2D eigenvalue weighted by Gasteiger charge is 2.47. The SMILES string of the molecule is Cc1cccc(CN2CCC3(CC2)O[C@@H](C(=O)NC[C@@H]2CCCO2)Cn2ccnc23)n1. The van der Waals surface area contributed by atoms with Crippen molar-refractivity contribution < 1.29 is 14.3 Å². The van der Waals surface area contributed by atoms with Crippen molar-refractivity contribution >= 4 is 5.91 Å². The monoisotopic (exact) mass is 425 g/mol. The van der Waals surface area contributed by atoms with Gasteiger partial charge in [-0.25, -0.2) is 4.98 Å². The Kier molecular flexibility index (Phi) is 5.77. The first kappa shape index (κ1) is 20.6. The van der Waals surface area contributed by atoms with Gasteiger partial charge >= 0.3 is 0 Å². The van der Waals surface area contributed by atoms with E-state index < -0.39 is 11.7 Å². The fraction of sp³-hybridized carbons (Fsp3) is 0.609. The number of rotatable bonds is 5. The summed E-state index contributed by atoms with van der Waals surface area (Å²) < 4.78 is 14.2. The third-order valence-corrected chi connectivity index (χ3v) is 6.67. The van der Waals surface area contributed by atoms with Crippen molar-refractivity contribution in [1.82, 2.24) is 24.8 Å². The number of nitrogens with one attached hydrogen (secondary N) is 1. The van der Waals surface area contributed by atoms with Gasteiger partial charge in [-0.05, 0) is 44.7 Å². The van der Waals surface area contributed by atoms with Gasteiger partial charge in [0.25, 0.3) is 5.91 Å². The maximum absolute atomic E-state index is 12.9. The van der Waals surface area contributed by atoms with E-state index in [1.807, 2.05) is 25.4 Å². The van der Waals surface area contributed by atoms with Gasteiger partial charge in [-0.1, -0.05) is 6.07 Å². The maximum atomic E-state index is 12.9. The summed E-state index contributed by atoms with van der Waals surface area (Å²) in [5, 5.41) is 3.04. The molecule has 8 heteroatoms. The molecule has 0 bridgehead atoms. The van der Waals surface area contributed by atoms with Crippen LogP contribution in [0.25, 0.3) is 0 Å². The van der Waals surface area contributed by atoms with Gasteiger partial charge in [0.2, 0.25) is 0 Å². The number of carbonyl (C=O) groups excluding carboxylic acids is 1. The largest absolute Gasteiger partial charge is 0.376 e. The van der Waals surface area contributed by atoms with Gasteiger partial charge in [0.1, 0.15) is 11.4 Å². The molecule has 5 rings (SSSR count). The van der Waals surface area contributed by atoms with Crippen LogP contribution in [0.5, 0.6) is 0 Å². The second-order valence-corrected chi connectivity index (χ2v) is 8.93. The average Bonchev–Trinajstić information content (AvgIpc) is 3.46. The van der Waals surface area contributed by atoms with Gasteiger partial charge < -0.3 is 19.4 Å². The Morgan fingerprint density at radius 3 is 2.97 bits per heavy atom. The molecule has 1 amide bonds. The zero-order chi connectivity index (χ0) is 21.3. The number of pyridine rings is 1. The molecule has 3 aliphatic rings. The van der Waals surface area contributed by atoms with Crippen LogP contribution in [-0.4, -0.2) is 63.8 Å². The number of nitrogens with zero attached hydrogens (tertiary/aromatic N) is 4. The number of fused-ring (bicyclic) bond motifs is 2. The zero-order valence-electron chi connectivity index (χ0n) is 18.1. The predicted molar refractivity (Wildman–Crippen MR) is 114 cm³/mol. The molecule has 0 saturated carbocycles. The van der Waals surface area contributed by atoms with E-state index in [2.05, 4.69) is 36.9 Å². The zero-order valence-corrected chi connectivity index (χ0v) is 18.1. The molecule has 2 saturated heterocycles. The second kappa shape index (κ2) is 8.68. The smallest absolute Gasteiger partial charge is 0.251 e. The Bertz CT molecular complexity index is 915. The highest BCUT2D eigenvalue weighted by atomic mass is 16.5. The summed E-state index contributed by atoms with van der Waals surface area (Å²) in [6.07, 6.45) is 7.09. The molecular formula is C23H31N5O3. The van der Waals surface area contributed by atoms with Gasteiger partial charge in [0, 0.05) is 50.9 Å². The predicted octanol–water partition coefficient (Wildman–Crippen LogP) is 1.77. The van der Waals surface area contributed by atoms with Gasteiger partial charge in [0.15, 0.2) is 6.10 Å². The molecule has 2 aromatic rings. The van der Waals surface area contributed by atoms with E-state index in [-0.39, 0.29) is 12.0 Å². The number of hydrogen-bond donors (Lipinski definition) is 1. The molecule has 0 aliphatic carbocycles. The number of carbonyl (C=O) groups is 1. The number of amides is 1. The topological polar surface area (TPSA) is 81.5 Å². The first-order valence-electron chi connectivity index (χ1n) is 11.3. The molecule has 2 aromatic heterocycles. The number of aryl methyl sites for hydroxylation is 1. The van der Waals surface area contributed by atoms with Crippen LogP contribution in [0.15, 0.2) is 30.6 Å². The second-order valence-electron chi connectivity index (χ2n) is 8.93. The molecule has 8 nitrogen and oxygen atoms in total. The van der Waals surface area contributed by atoms with Crippen molar-refractivity contribution in [3.63, 3.8) is 0 Å². The van der Waals surface area contributed by atoms with Crippen molar-refractivity contribution in [2.45, 2.75) is 63.5 Å². The van der Waals surface area contributed by atoms with Crippen molar-refractivity contribution in [2.24, 2.45) is 0 Å². The summed E-state index contributed by atoms with van der Waals surface area (Å²) in [5.41, 5.74) is 1.62. The number of ether oxygens (including phenoxy) is 2. The highest BCUT2D eigenvalue weighted by Crippen LogP contribution is 2.40. The summed E-state index contributed by atoms with van der Waals surface area (Å²) in [6, 6.07) is 6.16. The minimum atomic E-state index is -0.510. The van der Waals surface area contributed by atoms with Crippen LogP contribution in [0.3, 0.4) is 0 Å². The summed E-state index contributed by atoms with van der Waals surface area (Å²) in [7, 11) is 0. The molecule has 31 heavy (non-hydrogen) atoms. The van der Waals surface area contributed by atoms with E-state index in [1.54, 1.807) is 0 Å². The molecule has 166 valence electrons. The maximum Gasteiger partial charge on any atom is 0.251 e. The normalized spacial score (nSPS) is 25.5. The first-order valence-corrected chi connectivity index (χ1v) is 11.3. The fourth-order valence-electron chi connectivity index (χ4n) is 5.00. The first-order chi connectivity index (χ1) is 15.1. The van der Waals surface area contributed by atoms with Crippen molar-refractivity contribution in [3.05, 3.63) is 47.8 Å². The number of hydrogen-bond acceptors (Lipinski definition) is 6. The van der Waals surface area contributed by atoms with Crippen molar-refractivity contribution in [3.8, 4) is 0 Å². The lowest BCUT2D eigenvalue weighted by Gasteiger charge is -2.45. The average molecular weight is 426 g/mol. The standard InChI is InChI=1S/C23H31N5O3/c1-17-4-2-5-18(26-17)15-27-10-7-23(8-11-27)22-24-9-12-28(22)16-20(31-23)21(29)25-14-19-6-3-13-30-19/h2,4-5,9,12,19-20H,3,6-8,10-11,13-16H2,1H3,(H,25,29)/t19-,20+/m0/s1. The Hall–Kier alpha value is -2.29. The van der Waals surface area contributed by atoms with Crippen molar-refractivity contribution in [2.75, 3.05) is 26.2 Å². The highest BCUT2D eigenvalue weighted by molar-refractivity contribution is 5.81. The lowest BCUT2D eigenvalue weighted by molar-refractivity contribution is -0.174. The van der Waals surface area contributed by atoms with Crippen molar-refractivity contribution in [1.29, 1.82) is 0 Å². The van der Waals surface area contributed by atoms with E-state index in [1.165, 1.54) is 0 Å². The van der Waals surface area contributed by atoms with E-state index in [0.717, 1.165) is 69.1 Å². The third kappa shape index (κ3) is 4.37. The molecule has 0 aromatic carbocycles. The van der Waals surface area contributed by atoms with Crippen LogP contribution in [-0.2, 0) is 33.0 Å². The molecule has 0 unspecified atom stereocenters. The van der Waals surface area contributed by atoms with E-state index in [9.17, 15) is 4.79 Å². The fourth-order valence-corrected chi connectivity index (χ4v) is 5.00. The van der Waals surface area contributed by atoms with Crippen LogP contribution < -0.4 is 5.32 Å². The lowest BCUT2D eigenvalue weighted by atomic mass is 9.88. The molecule has 0 radical (unpaired) electrons. The minimum absolute atomic E-state index is 0.0550. The molecule has 3 aliphatic heterocycles. The summed E-state index contributed by atoms with van der Waals surface area (Å²) >= 11 is 0. The quantitative estimate of drug-likeness (QED) is 0.786. The van der Waals surface area contributed by atoms with Gasteiger partial charge in [-0.15, -0.1) is 0 Å². The molecule has 1 N–H and O–H groups in total. The number of aromatic nitrogens is 3. The Morgan fingerprint density at radius 1 is 1.32 bits per heavy atom. The number of likely N-dealkylation sites (tertiary alicyclic amines) is 1. The van der Waals surface area contributed by atoms with Crippen LogP contribution in [0.2, 0.25) is 0 Å². The molecular weight excluding hydrogens is 394 g/mol. The molecule has 1 spiro atoms. The summed E-state index contributed by atoms with van der Waals surface area (Å²) in [5.74, 6) is 0.893. The summed E-state index contributed by atoms with van der Waals surface area (Å²) in [6.45, 7) is 6.47.